The lowest BCUT2D eigenvalue weighted by Gasteiger charge is -2.31. The number of allylic oxidation sites excluding steroid dienone is 1. The van der Waals surface area contributed by atoms with E-state index in [9.17, 15) is 4.79 Å². The van der Waals surface area contributed by atoms with Crippen LogP contribution in [0.4, 0.5) is 0 Å². The van der Waals surface area contributed by atoms with Gasteiger partial charge >= 0.3 is 5.97 Å². The summed E-state index contributed by atoms with van der Waals surface area (Å²) in [5, 5.41) is 0. The number of aromatic nitrogens is 1. The van der Waals surface area contributed by atoms with Gasteiger partial charge in [0.25, 0.3) is 0 Å². The van der Waals surface area contributed by atoms with Crippen LogP contribution in [-0.4, -0.2) is 17.1 Å². The van der Waals surface area contributed by atoms with Crippen LogP contribution < -0.4 is 0 Å². The second-order valence-electron chi connectivity index (χ2n) is 8.88. The molecule has 3 aromatic rings. The number of hydrogen-bond donors (Lipinski definition) is 0. The highest BCUT2D eigenvalue weighted by atomic mass is 16.5. The molecule has 154 valence electrons. The summed E-state index contributed by atoms with van der Waals surface area (Å²) in [6, 6.07) is 20.4. The van der Waals surface area contributed by atoms with Gasteiger partial charge in [-0.15, -0.1) is 0 Å². The maximum Gasteiger partial charge on any atom is 0.340 e. The third-order valence-corrected chi connectivity index (χ3v) is 5.88. The fourth-order valence-electron chi connectivity index (χ4n) is 4.25. The van der Waals surface area contributed by atoms with E-state index in [-0.39, 0.29) is 11.4 Å². The van der Waals surface area contributed by atoms with E-state index in [2.05, 4.69) is 61.8 Å². The Balaban J connectivity index is 2.04. The zero-order valence-corrected chi connectivity index (χ0v) is 18.2. The molecule has 2 aromatic carbocycles. The van der Waals surface area contributed by atoms with Gasteiger partial charge < -0.3 is 9.30 Å². The zero-order chi connectivity index (χ0) is 21.3. The van der Waals surface area contributed by atoms with E-state index in [1.165, 1.54) is 0 Å². The Hall–Kier alpha value is -3.07. The Kier molecular flexibility index (Phi) is 5.38. The number of benzene rings is 2. The van der Waals surface area contributed by atoms with Gasteiger partial charge in [0.1, 0.15) is 0 Å². The van der Waals surface area contributed by atoms with Crippen molar-refractivity contribution >= 4 is 12.0 Å². The van der Waals surface area contributed by atoms with Gasteiger partial charge in [-0.1, -0.05) is 75.4 Å². The van der Waals surface area contributed by atoms with Gasteiger partial charge in [-0.2, -0.15) is 0 Å². The van der Waals surface area contributed by atoms with E-state index < -0.39 is 0 Å². The third-order valence-electron chi connectivity index (χ3n) is 5.88. The van der Waals surface area contributed by atoms with Gasteiger partial charge in [-0.3, -0.25) is 0 Å². The maximum absolute atomic E-state index is 13.3. The van der Waals surface area contributed by atoms with Crippen LogP contribution >= 0.6 is 0 Å². The van der Waals surface area contributed by atoms with Crippen molar-refractivity contribution in [1.29, 1.82) is 0 Å². The van der Waals surface area contributed by atoms with Crippen molar-refractivity contribution in [1.82, 2.24) is 4.57 Å². The average Bonchev–Trinajstić information content (AvgIpc) is 3.09. The van der Waals surface area contributed by atoms with Crippen molar-refractivity contribution in [2.45, 2.75) is 34.1 Å². The number of fused-ring (bicyclic) bond motifs is 1. The van der Waals surface area contributed by atoms with Crippen LogP contribution in [0.2, 0.25) is 0 Å². The number of nitrogens with zero attached hydrogens (tertiary/aromatic N) is 1. The zero-order valence-electron chi connectivity index (χ0n) is 18.2. The lowest BCUT2D eigenvalue weighted by Crippen LogP contribution is -2.23. The van der Waals surface area contributed by atoms with Crippen LogP contribution in [0.3, 0.4) is 0 Å². The standard InChI is InChI=1S/C27H29NO2/c1-5-30-26(29)24-22-18-20(27(2,3)4)16-17-23(22)28(21-14-10-7-11-15-21)25(24)19-12-8-6-9-13-19/h6-17,20H,5,18H2,1-4H3. The number of carbonyl (C=O) groups excluding carboxylic acids is 1. The fourth-order valence-corrected chi connectivity index (χ4v) is 4.25. The molecule has 0 saturated heterocycles. The summed E-state index contributed by atoms with van der Waals surface area (Å²) in [5.41, 5.74) is 5.93. The Morgan fingerprint density at radius 2 is 1.67 bits per heavy atom. The van der Waals surface area contributed by atoms with Crippen molar-refractivity contribution in [2.24, 2.45) is 11.3 Å². The molecule has 0 bridgehead atoms. The van der Waals surface area contributed by atoms with Crippen LogP contribution in [0.25, 0.3) is 23.0 Å². The maximum atomic E-state index is 13.3. The van der Waals surface area contributed by atoms with E-state index in [0.29, 0.717) is 18.1 Å². The first-order chi connectivity index (χ1) is 14.4. The summed E-state index contributed by atoms with van der Waals surface area (Å²) in [6.45, 7) is 8.98. The van der Waals surface area contributed by atoms with Gasteiger partial charge in [0.15, 0.2) is 0 Å². The van der Waals surface area contributed by atoms with Gasteiger partial charge in [0.05, 0.1) is 23.6 Å². The largest absolute Gasteiger partial charge is 0.462 e. The van der Waals surface area contributed by atoms with E-state index in [4.69, 9.17) is 4.74 Å². The van der Waals surface area contributed by atoms with E-state index in [0.717, 1.165) is 34.6 Å². The summed E-state index contributed by atoms with van der Waals surface area (Å²) in [4.78, 5) is 13.3. The Morgan fingerprint density at radius 3 is 2.27 bits per heavy atom. The number of hydrogen-bond acceptors (Lipinski definition) is 2. The fraction of sp³-hybridized carbons (Fsp3) is 0.296. The van der Waals surface area contributed by atoms with Gasteiger partial charge in [0, 0.05) is 5.69 Å². The lowest BCUT2D eigenvalue weighted by atomic mass is 9.74. The first-order valence-corrected chi connectivity index (χ1v) is 10.7. The van der Waals surface area contributed by atoms with Crippen molar-refractivity contribution in [3.63, 3.8) is 0 Å². The van der Waals surface area contributed by atoms with Crippen molar-refractivity contribution in [3.8, 4) is 16.9 Å². The molecule has 1 atom stereocenters. The van der Waals surface area contributed by atoms with Crippen molar-refractivity contribution in [2.75, 3.05) is 6.61 Å². The summed E-state index contributed by atoms with van der Waals surface area (Å²) in [5.74, 6) is 0.110. The van der Waals surface area contributed by atoms with Crippen LogP contribution in [0.1, 0.15) is 49.3 Å². The second-order valence-corrected chi connectivity index (χ2v) is 8.88. The number of para-hydroxylation sites is 1. The highest BCUT2D eigenvalue weighted by molar-refractivity contribution is 6.00. The Labute approximate surface area is 179 Å². The minimum Gasteiger partial charge on any atom is -0.462 e. The third kappa shape index (κ3) is 3.60. The molecule has 0 fully saturated rings. The quantitative estimate of drug-likeness (QED) is 0.466. The molecule has 30 heavy (non-hydrogen) atoms. The molecule has 1 unspecified atom stereocenters. The van der Waals surface area contributed by atoms with Crippen LogP contribution in [-0.2, 0) is 11.2 Å². The molecule has 1 aliphatic carbocycles. The van der Waals surface area contributed by atoms with E-state index in [1.807, 2.05) is 43.3 Å². The Morgan fingerprint density at radius 1 is 1.03 bits per heavy atom. The molecular weight excluding hydrogens is 370 g/mol. The average molecular weight is 400 g/mol. The summed E-state index contributed by atoms with van der Waals surface area (Å²) < 4.78 is 7.76. The van der Waals surface area contributed by atoms with Crippen LogP contribution in [0.5, 0.6) is 0 Å². The summed E-state index contributed by atoms with van der Waals surface area (Å²) in [7, 11) is 0. The molecule has 3 heteroatoms. The summed E-state index contributed by atoms with van der Waals surface area (Å²) in [6.07, 6.45) is 5.31. The molecule has 4 rings (SSSR count). The monoisotopic (exact) mass is 399 g/mol. The predicted molar refractivity (Wildman–Crippen MR) is 123 cm³/mol. The van der Waals surface area contributed by atoms with Crippen LogP contribution in [0, 0.1) is 11.3 Å². The molecule has 1 aliphatic rings. The highest BCUT2D eigenvalue weighted by Gasteiger charge is 2.34. The minimum absolute atomic E-state index is 0.113. The molecule has 1 heterocycles. The summed E-state index contributed by atoms with van der Waals surface area (Å²) >= 11 is 0. The minimum atomic E-state index is -0.245. The number of carbonyl (C=O) groups is 1. The molecule has 0 amide bonds. The molecule has 3 nitrogen and oxygen atoms in total. The molecular formula is C27H29NO2. The lowest BCUT2D eigenvalue weighted by molar-refractivity contribution is 0.0525. The number of ether oxygens (including phenoxy) is 1. The molecule has 1 aromatic heterocycles. The van der Waals surface area contributed by atoms with Gasteiger partial charge in [-0.05, 0) is 54.0 Å². The first kappa shape index (κ1) is 20.2. The molecule has 0 aliphatic heterocycles. The SMILES string of the molecule is CCOC(=O)c1c2c(n(-c3ccccc3)c1-c1ccccc1)C=CC(C(C)(C)C)C2. The van der Waals surface area contributed by atoms with Crippen molar-refractivity contribution in [3.05, 3.63) is 83.6 Å². The van der Waals surface area contributed by atoms with Crippen molar-refractivity contribution < 1.29 is 9.53 Å². The van der Waals surface area contributed by atoms with Crippen LogP contribution in [0.15, 0.2) is 66.7 Å². The first-order valence-electron chi connectivity index (χ1n) is 10.7. The van der Waals surface area contributed by atoms with Gasteiger partial charge in [-0.25, -0.2) is 4.79 Å². The van der Waals surface area contributed by atoms with E-state index in [1.54, 1.807) is 0 Å². The molecule has 0 N–H and O–H groups in total. The topological polar surface area (TPSA) is 31.2 Å². The van der Waals surface area contributed by atoms with E-state index >= 15 is 0 Å². The number of rotatable bonds is 4. The molecule has 0 saturated carbocycles. The molecule has 0 spiro atoms. The second kappa shape index (κ2) is 7.98. The normalized spacial score (nSPS) is 15.7. The number of esters is 1. The smallest absolute Gasteiger partial charge is 0.340 e. The molecule has 0 radical (unpaired) electrons. The Bertz CT molecular complexity index is 1070. The van der Waals surface area contributed by atoms with Gasteiger partial charge in [0.2, 0.25) is 0 Å². The highest BCUT2D eigenvalue weighted by Crippen LogP contribution is 2.42. The predicted octanol–water partition coefficient (Wildman–Crippen LogP) is 6.55.